The molecular weight excluding hydrogens is 394 g/mol. The normalized spacial score (nSPS) is 10.8. The number of carboxylic acid groups (broad SMARTS) is 1. The SMILES string of the molecule is Cn1c(COc2cccc(C(=O)O)c2)nc2ccc(Oc3ccnc(Cl)c3)cc21. The number of halogens is 1. The first-order chi connectivity index (χ1) is 14.0. The molecule has 1 N–H and O–H groups in total. The third-order valence-electron chi connectivity index (χ3n) is 4.33. The van der Waals surface area contributed by atoms with Crippen LogP contribution in [0.3, 0.4) is 0 Å². The van der Waals surface area contributed by atoms with E-state index in [1.807, 2.05) is 29.8 Å². The highest BCUT2D eigenvalue weighted by atomic mass is 35.5. The average Bonchev–Trinajstić information content (AvgIpc) is 3.02. The molecule has 7 nitrogen and oxygen atoms in total. The molecule has 0 atom stereocenters. The lowest BCUT2D eigenvalue weighted by molar-refractivity contribution is 0.0696. The Morgan fingerprint density at radius 2 is 1.93 bits per heavy atom. The molecule has 0 saturated carbocycles. The predicted octanol–water partition coefficient (Wildman–Crippen LogP) is 4.69. The van der Waals surface area contributed by atoms with Crippen LogP contribution < -0.4 is 9.47 Å². The van der Waals surface area contributed by atoms with Gasteiger partial charge >= 0.3 is 5.97 Å². The third-order valence-corrected chi connectivity index (χ3v) is 4.53. The van der Waals surface area contributed by atoms with Crippen LogP contribution in [0.15, 0.2) is 60.8 Å². The fraction of sp³-hybridized carbons (Fsp3) is 0.0952. The Hall–Kier alpha value is -3.58. The predicted molar refractivity (Wildman–Crippen MR) is 108 cm³/mol. The van der Waals surface area contributed by atoms with Gasteiger partial charge < -0.3 is 19.1 Å². The number of hydrogen-bond donors (Lipinski definition) is 1. The molecule has 0 spiro atoms. The minimum absolute atomic E-state index is 0.172. The smallest absolute Gasteiger partial charge is 0.335 e. The zero-order valence-electron chi connectivity index (χ0n) is 15.4. The summed E-state index contributed by atoms with van der Waals surface area (Å²) in [5, 5.41) is 9.44. The van der Waals surface area contributed by atoms with E-state index in [0.717, 1.165) is 11.0 Å². The van der Waals surface area contributed by atoms with Crippen LogP contribution >= 0.6 is 11.6 Å². The summed E-state index contributed by atoms with van der Waals surface area (Å²) in [5.41, 5.74) is 1.84. The fourth-order valence-corrected chi connectivity index (χ4v) is 3.03. The second-order valence-corrected chi connectivity index (χ2v) is 6.66. The minimum Gasteiger partial charge on any atom is -0.486 e. The van der Waals surface area contributed by atoms with E-state index in [1.54, 1.807) is 30.5 Å². The number of imidazole rings is 1. The van der Waals surface area contributed by atoms with Crippen LogP contribution in [0, 0.1) is 0 Å². The van der Waals surface area contributed by atoms with Crippen molar-refractivity contribution >= 4 is 28.6 Å². The standard InChI is InChI=1S/C21H16ClN3O4/c1-25-18-10-15(29-16-7-8-23-19(22)11-16)5-6-17(18)24-20(25)12-28-14-4-2-3-13(9-14)21(26)27/h2-11H,12H2,1H3,(H,26,27). The minimum atomic E-state index is -0.999. The van der Waals surface area contributed by atoms with Crippen LogP contribution in [0.25, 0.3) is 11.0 Å². The van der Waals surface area contributed by atoms with E-state index in [-0.39, 0.29) is 12.2 Å². The number of ether oxygens (including phenoxy) is 2. The largest absolute Gasteiger partial charge is 0.486 e. The number of fused-ring (bicyclic) bond motifs is 1. The molecule has 2 aromatic heterocycles. The molecule has 0 aliphatic rings. The van der Waals surface area contributed by atoms with Gasteiger partial charge in [0.05, 0.1) is 16.6 Å². The number of rotatable bonds is 6. The van der Waals surface area contributed by atoms with Crippen LogP contribution in [0.4, 0.5) is 0 Å². The molecule has 4 rings (SSSR count). The van der Waals surface area contributed by atoms with Crippen molar-refractivity contribution in [3.8, 4) is 17.2 Å². The van der Waals surface area contributed by atoms with Crippen LogP contribution in [0.1, 0.15) is 16.2 Å². The number of hydrogen-bond acceptors (Lipinski definition) is 5. The third kappa shape index (κ3) is 4.14. The second kappa shape index (κ2) is 7.81. The van der Waals surface area contributed by atoms with Gasteiger partial charge in [-0.1, -0.05) is 17.7 Å². The molecule has 146 valence electrons. The van der Waals surface area contributed by atoms with Gasteiger partial charge in [-0.3, -0.25) is 0 Å². The Labute approximate surface area is 171 Å². The van der Waals surface area contributed by atoms with Crippen LogP contribution in [0.2, 0.25) is 5.15 Å². The quantitative estimate of drug-likeness (QED) is 0.465. The van der Waals surface area contributed by atoms with Crippen molar-refractivity contribution in [2.75, 3.05) is 0 Å². The summed E-state index contributed by atoms with van der Waals surface area (Å²) >= 11 is 5.90. The molecule has 8 heteroatoms. The van der Waals surface area contributed by atoms with Gasteiger partial charge in [0, 0.05) is 25.4 Å². The fourth-order valence-electron chi connectivity index (χ4n) is 2.86. The summed E-state index contributed by atoms with van der Waals surface area (Å²) in [6.07, 6.45) is 1.58. The summed E-state index contributed by atoms with van der Waals surface area (Å²) in [6.45, 7) is 0.199. The summed E-state index contributed by atoms with van der Waals surface area (Å²) in [7, 11) is 1.88. The molecule has 2 heterocycles. The molecule has 0 unspecified atom stereocenters. The number of pyridine rings is 1. The molecule has 0 amide bonds. The molecule has 0 fully saturated rings. The van der Waals surface area contributed by atoms with Crippen molar-refractivity contribution in [3.63, 3.8) is 0 Å². The number of benzene rings is 2. The molecule has 0 radical (unpaired) electrons. The van der Waals surface area contributed by atoms with Gasteiger partial charge in [-0.25, -0.2) is 14.8 Å². The maximum Gasteiger partial charge on any atom is 0.335 e. The first-order valence-electron chi connectivity index (χ1n) is 8.70. The number of carbonyl (C=O) groups is 1. The Kier molecular flexibility index (Phi) is 5.05. The molecule has 29 heavy (non-hydrogen) atoms. The van der Waals surface area contributed by atoms with Gasteiger partial charge in [-0.15, -0.1) is 0 Å². The van der Waals surface area contributed by atoms with E-state index in [4.69, 9.17) is 26.2 Å². The lowest BCUT2D eigenvalue weighted by Gasteiger charge is -2.08. The summed E-state index contributed by atoms with van der Waals surface area (Å²) in [4.78, 5) is 19.6. The van der Waals surface area contributed by atoms with E-state index in [1.165, 1.54) is 12.1 Å². The van der Waals surface area contributed by atoms with Crippen LogP contribution in [-0.4, -0.2) is 25.6 Å². The molecule has 0 aliphatic heterocycles. The van der Waals surface area contributed by atoms with Gasteiger partial charge in [0.25, 0.3) is 0 Å². The highest BCUT2D eigenvalue weighted by Crippen LogP contribution is 2.27. The van der Waals surface area contributed by atoms with Gasteiger partial charge in [0.15, 0.2) is 0 Å². The van der Waals surface area contributed by atoms with Crippen molar-refractivity contribution in [2.45, 2.75) is 6.61 Å². The molecule has 4 aromatic rings. The molecular formula is C21H16ClN3O4. The monoisotopic (exact) mass is 409 g/mol. The highest BCUT2D eigenvalue weighted by molar-refractivity contribution is 6.29. The molecule has 2 aromatic carbocycles. The number of carboxylic acids is 1. The van der Waals surface area contributed by atoms with Crippen molar-refractivity contribution < 1.29 is 19.4 Å². The van der Waals surface area contributed by atoms with Crippen LogP contribution in [0.5, 0.6) is 17.2 Å². The van der Waals surface area contributed by atoms with Gasteiger partial charge in [0.2, 0.25) is 0 Å². The maximum atomic E-state index is 11.1. The van der Waals surface area contributed by atoms with E-state index in [9.17, 15) is 4.79 Å². The van der Waals surface area contributed by atoms with E-state index in [2.05, 4.69) is 9.97 Å². The van der Waals surface area contributed by atoms with Crippen LogP contribution in [-0.2, 0) is 13.7 Å². The zero-order valence-corrected chi connectivity index (χ0v) is 16.1. The molecule has 0 bridgehead atoms. The molecule has 0 aliphatic carbocycles. The van der Waals surface area contributed by atoms with Crippen molar-refractivity contribution in [2.24, 2.45) is 7.05 Å². The van der Waals surface area contributed by atoms with E-state index < -0.39 is 5.97 Å². The maximum absolute atomic E-state index is 11.1. The zero-order chi connectivity index (χ0) is 20.4. The Morgan fingerprint density at radius 3 is 2.72 bits per heavy atom. The first-order valence-corrected chi connectivity index (χ1v) is 9.08. The number of aromatic carboxylic acids is 1. The number of nitrogens with zero attached hydrogens (tertiary/aromatic N) is 3. The highest BCUT2D eigenvalue weighted by Gasteiger charge is 2.11. The van der Waals surface area contributed by atoms with Gasteiger partial charge in [0.1, 0.15) is 34.8 Å². The van der Waals surface area contributed by atoms with Gasteiger partial charge in [-0.2, -0.15) is 0 Å². The van der Waals surface area contributed by atoms with Gasteiger partial charge in [-0.05, 0) is 36.4 Å². The molecule has 0 saturated heterocycles. The van der Waals surface area contributed by atoms with Crippen molar-refractivity contribution in [1.82, 2.24) is 14.5 Å². The number of aromatic nitrogens is 3. The Balaban J connectivity index is 1.54. The number of aryl methyl sites for hydroxylation is 1. The van der Waals surface area contributed by atoms with Crippen molar-refractivity contribution in [3.05, 3.63) is 77.3 Å². The summed E-state index contributed by atoms with van der Waals surface area (Å²) in [5.74, 6) is 1.40. The van der Waals surface area contributed by atoms with Crippen molar-refractivity contribution in [1.29, 1.82) is 0 Å². The first kappa shape index (κ1) is 18.8. The summed E-state index contributed by atoms with van der Waals surface area (Å²) in [6, 6.07) is 15.3. The summed E-state index contributed by atoms with van der Waals surface area (Å²) < 4.78 is 13.5. The second-order valence-electron chi connectivity index (χ2n) is 6.28. The lowest BCUT2D eigenvalue weighted by Crippen LogP contribution is -2.04. The average molecular weight is 410 g/mol. The van der Waals surface area contributed by atoms with E-state index in [0.29, 0.717) is 28.2 Å². The van der Waals surface area contributed by atoms with E-state index >= 15 is 0 Å². The Bertz CT molecular complexity index is 1210. The Morgan fingerprint density at radius 1 is 1.10 bits per heavy atom. The lowest BCUT2D eigenvalue weighted by atomic mass is 10.2. The topological polar surface area (TPSA) is 86.5 Å².